The standard InChI is InChI=1S/C9H20N2O2/c1-8-5-11(4-3-10(8)2)6-9(13)7-12/h8-9,12-13H,3-7H2,1-2H3. The van der Waals surface area contributed by atoms with Crippen molar-refractivity contribution < 1.29 is 10.2 Å². The zero-order chi connectivity index (χ0) is 9.84. The van der Waals surface area contributed by atoms with E-state index in [-0.39, 0.29) is 6.61 Å². The van der Waals surface area contributed by atoms with Gasteiger partial charge in [0.15, 0.2) is 0 Å². The van der Waals surface area contributed by atoms with E-state index in [9.17, 15) is 5.11 Å². The van der Waals surface area contributed by atoms with Crippen LogP contribution in [-0.4, -0.2) is 72.0 Å². The van der Waals surface area contributed by atoms with Crippen molar-refractivity contribution in [1.82, 2.24) is 9.80 Å². The first-order chi connectivity index (χ1) is 6.13. The van der Waals surface area contributed by atoms with Crippen LogP contribution in [0.4, 0.5) is 0 Å². The van der Waals surface area contributed by atoms with E-state index in [1.807, 2.05) is 0 Å². The number of hydrogen-bond donors (Lipinski definition) is 2. The molecule has 2 N–H and O–H groups in total. The molecule has 0 amide bonds. The predicted molar refractivity (Wildman–Crippen MR) is 51.6 cm³/mol. The number of rotatable bonds is 3. The van der Waals surface area contributed by atoms with Gasteiger partial charge in [-0.2, -0.15) is 0 Å². The molecule has 13 heavy (non-hydrogen) atoms. The highest BCUT2D eigenvalue weighted by Gasteiger charge is 2.21. The summed E-state index contributed by atoms with van der Waals surface area (Å²) in [5.41, 5.74) is 0. The van der Waals surface area contributed by atoms with Crippen LogP contribution in [0.15, 0.2) is 0 Å². The molecule has 1 aliphatic rings. The number of aliphatic hydroxyl groups is 2. The second kappa shape index (κ2) is 4.91. The van der Waals surface area contributed by atoms with Gasteiger partial charge in [0, 0.05) is 32.2 Å². The zero-order valence-electron chi connectivity index (χ0n) is 8.48. The fraction of sp³-hybridized carbons (Fsp3) is 1.00. The molecule has 4 heteroatoms. The Morgan fingerprint density at radius 3 is 2.69 bits per heavy atom. The number of hydrogen-bond acceptors (Lipinski definition) is 4. The van der Waals surface area contributed by atoms with Crippen molar-refractivity contribution in [3.05, 3.63) is 0 Å². The third-order valence-electron chi connectivity index (χ3n) is 2.72. The number of likely N-dealkylation sites (N-methyl/N-ethyl adjacent to an activating group) is 1. The third kappa shape index (κ3) is 3.23. The van der Waals surface area contributed by atoms with E-state index < -0.39 is 6.10 Å². The number of nitrogens with zero attached hydrogens (tertiary/aromatic N) is 2. The Labute approximate surface area is 79.8 Å². The fourth-order valence-corrected chi connectivity index (χ4v) is 1.65. The minimum atomic E-state index is -0.587. The van der Waals surface area contributed by atoms with Gasteiger partial charge in [0.1, 0.15) is 0 Å². The summed E-state index contributed by atoms with van der Waals surface area (Å²) in [6.07, 6.45) is -0.587. The summed E-state index contributed by atoms with van der Waals surface area (Å²) in [4.78, 5) is 4.51. The van der Waals surface area contributed by atoms with E-state index >= 15 is 0 Å². The molecule has 2 unspecified atom stereocenters. The van der Waals surface area contributed by atoms with Gasteiger partial charge in [0.05, 0.1) is 12.7 Å². The minimum Gasteiger partial charge on any atom is -0.394 e. The molecule has 1 heterocycles. The van der Waals surface area contributed by atoms with E-state index in [4.69, 9.17) is 5.11 Å². The topological polar surface area (TPSA) is 46.9 Å². The first kappa shape index (κ1) is 10.9. The average Bonchev–Trinajstić information content (AvgIpc) is 2.11. The van der Waals surface area contributed by atoms with Crippen LogP contribution < -0.4 is 0 Å². The van der Waals surface area contributed by atoms with E-state index in [2.05, 4.69) is 23.8 Å². The molecule has 4 nitrogen and oxygen atoms in total. The van der Waals surface area contributed by atoms with Gasteiger partial charge < -0.3 is 15.1 Å². The van der Waals surface area contributed by atoms with Gasteiger partial charge in [-0.1, -0.05) is 0 Å². The lowest BCUT2D eigenvalue weighted by atomic mass is 10.2. The van der Waals surface area contributed by atoms with E-state index in [1.54, 1.807) is 0 Å². The van der Waals surface area contributed by atoms with Gasteiger partial charge in [-0.15, -0.1) is 0 Å². The van der Waals surface area contributed by atoms with Crippen molar-refractivity contribution in [2.75, 3.05) is 39.8 Å². The summed E-state index contributed by atoms with van der Waals surface area (Å²) in [5, 5.41) is 18.0. The Balaban J connectivity index is 2.29. The molecule has 0 aromatic heterocycles. The van der Waals surface area contributed by atoms with Gasteiger partial charge in [-0.3, -0.25) is 4.90 Å². The Bertz CT molecular complexity index is 153. The van der Waals surface area contributed by atoms with Gasteiger partial charge >= 0.3 is 0 Å². The van der Waals surface area contributed by atoms with Crippen molar-refractivity contribution >= 4 is 0 Å². The normalized spacial score (nSPS) is 29.1. The molecular formula is C9H20N2O2. The molecular weight excluding hydrogens is 168 g/mol. The van der Waals surface area contributed by atoms with Crippen molar-refractivity contribution in [1.29, 1.82) is 0 Å². The maximum absolute atomic E-state index is 9.26. The summed E-state index contributed by atoms with van der Waals surface area (Å²) >= 11 is 0. The van der Waals surface area contributed by atoms with Gasteiger partial charge in [-0.25, -0.2) is 0 Å². The van der Waals surface area contributed by atoms with Crippen molar-refractivity contribution in [2.24, 2.45) is 0 Å². The van der Waals surface area contributed by atoms with E-state index in [0.717, 1.165) is 19.6 Å². The van der Waals surface area contributed by atoms with Crippen LogP contribution in [0.5, 0.6) is 0 Å². The maximum atomic E-state index is 9.26. The molecule has 0 aromatic carbocycles. The molecule has 0 radical (unpaired) electrons. The molecule has 1 saturated heterocycles. The summed E-state index contributed by atoms with van der Waals surface area (Å²) < 4.78 is 0. The molecule has 0 aromatic rings. The SMILES string of the molecule is CC1CN(CC(O)CO)CCN1C. The second-order valence-corrected chi connectivity index (χ2v) is 3.93. The quantitative estimate of drug-likeness (QED) is 0.595. The maximum Gasteiger partial charge on any atom is 0.0897 e. The highest BCUT2D eigenvalue weighted by molar-refractivity contribution is 4.77. The van der Waals surface area contributed by atoms with Crippen molar-refractivity contribution in [3.8, 4) is 0 Å². The van der Waals surface area contributed by atoms with Crippen LogP contribution in [0.3, 0.4) is 0 Å². The summed E-state index contributed by atoms with van der Waals surface area (Å²) in [5.74, 6) is 0. The highest BCUT2D eigenvalue weighted by atomic mass is 16.3. The van der Waals surface area contributed by atoms with Crippen LogP contribution in [0.25, 0.3) is 0 Å². The molecule has 0 saturated carbocycles. The van der Waals surface area contributed by atoms with Crippen LogP contribution in [0.1, 0.15) is 6.92 Å². The number of aliphatic hydroxyl groups excluding tert-OH is 2. The lowest BCUT2D eigenvalue weighted by molar-refractivity contribution is 0.0301. The Kier molecular flexibility index (Phi) is 4.12. The van der Waals surface area contributed by atoms with E-state index in [0.29, 0.717) is 12.6 Å². The van der Waals surface area contributed by atoms with Crippen molar-refractivity contribution in [2.45, 2.75) is 19.1 Å². The highest BCUT2D eigenvalue weighted by Crippen LogP contribution is 2.06. The fourth-order valence-electron chi connectivity index (χ4n) is 1.65. The average molecular weight is 188 g/mol. The predicted octanol–water partition coefficient (Wildman–Crippen LogP) is -1.02. The van der Waals surface area contributed by atoms with Crippen LogP contribution in [0.2, 0.25) is 0 Å². The molecule has 0 bridgehead atoms. The molecule has 2 atom stereocenters. The number of piperazine rings is 1. The Morgan fingerprint density at radius 1 is 1.46 bits per heavy atom. The summed E-state index contributed by atoms with van der Waals surface area (Å²) in [6, 6.07) is 0.541. The van der Waals surface area contributed by atoms with Crippen LogP contribution in [-0.2, 0) is 0 Å². The van der Waals surface area contributed by atoms with Crippen LogP contribution >= 0.6 is 0 Å². The van der Waals surface area contributed by atoms with Crippen LogP contribution in [0, 0.1) is 0 Å². The molecule has 0 spiro atoms. The smallest absolute Gasteiger partial charge is 0.0897 e. The largest absolute Gasteiger partial charge is 0.394 e. The lowest BCUT2D eigenvalue weighted by Gasteiger charge is -2.38. The minimum absolute atomic E-state index is 0.138. The van der Waals surface area contributed by atoms with E-state index in [1.165, 1.54) is 0 Å². The first-order valence-corrected chi connectivity index (χ1v) is 4.85. The molecule has 1 fully saturated rings. The van der Waals surface area contributed by atoms with Crippen molar-refractivity contribution in [3.63, 3.8) is 0 Å². The molecule has 1 aliphatic heterocycles. The monoisotopic (exact) mass is 188 g/mol. The van der Waals surface area contributed by atoms with Gasteiger partial charge in [-0.05, 0) is 14.0 Å². The Morgan fingerprint density at radius 2 is 2.15 bits per heavy atom. The third-order valence-corrected chi connectivity index (χ3v) is 2.72. The summed E-state index contributed by atoms with van der Waals surface area (Å²) in [6.45, 7) is 5.64. The first-order valence-electron chi connectivity index (χ1n) is 4.85. The lowest BCUT2D eigenvalue weighted by Crippen LogP contribution is -2.52. The second-order valence-electron chi connectivity index (χ2n) is 3.93. The van der Waals surface area contributed by atoms with Gasteiger partial charge in [0.2, 0.25) is 0 Å². The van der Waals surface area contributed by atoms with Gasteiger partial charge in [0.25, 0.3) is 0 Å². The Hall–Kier alpha value is -0.160. The number of β-amino-alcohol motifs (C(OH)–C–C–N with tert-alkyl or cyclic N) is 1. The zero-order valence-corrected chi connectivity index (χ0v) is 8.48. The molecule has 78 valence electrons. The molecule has 0 aliphatic carbocycles. The summed E-state index contributed by atoms with van der Waals surface area (Å²) in [7, 11) is 2.12. The molecule has 1 rings (SSSR count).